The standard InChI is InChI=1S/C36H49N5O7S/c1-24(27-16-10-6-11-17-27)37-34(43)29-22-41(49(4,46)47)30-20-21-40(32(29)30)35(44)31(28-18-12-7-13-19-28)38-33(42)25(2)39(3)36(45)48-23-26-14-8-5-9-15-26/h5-6,8-11,14-17,24-25,28-32H,7,12-13,18-23H2,1-4H3,(H,37,43)(H,38,42)/t24-,25+,29+,30-,31+,32-/m1/s1. The van der Waals surface area contributed by atoms with Crippen LogP contribution in [0, 0.1) is 11.8 Å². The first-order valence-corrected chi connectivity index (χ1v) is 19.1. The Bertz CT molecular complexity index is 1590. The summed E-state index contributed by atoms with van der Waals surface area (Å²) in [6, 6.07) is 15.4. The summed E-state index contributed by atoms with van der Waals surface area (Å²) in [4.78, 5) is 57.8. The summed E-state index contributed by atoms with van der Waals surface area (Å²) >= 11 is 0. The van der Waals surface area contributed by atoms with Crippen LogP contribution in [-0.2, 0) is 35.8 Å². The van der Waals surface area contributed by atoms with E-state index >= 15 is 0 Å². The van der Waals surface area contributed by atoms with Gasteiger partial charge < -0.3 is 20.3 Å². The number of benzene rings is 2. The Hall–Kier alpha value is -3.97. The fourth-order valence-electron chi connectivity index (χ4n) is 7.51. The minimum absolute atomic E-state index is 0.0291. The van der Waals surface area contributed by atoms with Crippen LogP contribution in [0.1, 0.15) is 69.5 Å². The number of carbonyl (C=O) groups excluding carboxylic acids is 4. The molecule has 0 bridgehead atoms. The van der Waals surface area contributed by atoms with Crippen LogP contribution < -0.4 is 10.6 Å². The zero-order valence-electron chi connectivity index (χ0n) is 28.8. The first kappa shape index (κ1) is 36.3. The maximum atomic E-state index is 14.6. The number of fused-ring (bicyclic) bond motifs is 1. The zero-order chi connectivity index (χ0) is 35.3. The third-order valence-electron chi connectivity index (χ3n) is 10.4. The van der Waals surface area contributed by atoms with E-state index in [-0.39, 0.29) is 43.5 Å². The van der Waals surface area contributed by atoms with Crippen molar-refractivity contribution in [1.82, 2.24) is 24.7 Å². The molecule has 0 radical (unpaired) electrons. The topological polar surface area (TPSA) is 145 Å². The van der Waals surface area contributed by atoms with Crippen LogP contribution in [0.3, 0.4) is 0 Å². The first-order chi connectivity index (χ1) is 23.4. The van der Waals surface area contributed by atoms with Crippen molar-refractivity contribution in [2.75, 3.05) is 26.4 Å². The average Bonchev–Trinajstić information content (AvgIpc) is 3.71. The van der Waals surface area contributed by atoms with Crippen molar-refractivity contribution in [3.8, 4) is 0 Å². The number of ether oxygens (including phenoxy) is 1. The Labute approximate surface area is 289 Å². The Morgan fingerprint density at radius 3 is 2.18 bits per heavy atom. The fourth-order valence-corrected chi connectivity index (χ4v) is 8.67. The Balaban J connectivity index is 1.33. The average molecular weight is 696 g/mol. The zero-order valence-corrected chi connectivity index (χ0v) is 29.6. The molecule has 4 amide bonds. The van der Waals surface area contributed by atoms with E-state index in [1.807, 2.05) is 67.6 Å². The minimum atomic E-state index is -3.67. The van der Waals surface area contributed by atoms with E-state index < -0.39 is 52.1 Å². The SMILES string of the molecule is C[C@@H](NC(=O)[C@H]1CN(S(C)(=O)=O)[C@@H]2CCN(C(=O)[C@@H](NC(=O)[C@H](C)N(C)C(=O)OCc3ccccc3)C3CCCCC3)[C@H]12)c1ccccc1. The number of nitrogens with one attached hydrogen (secondary N) is 2. The molecule has 3 aliphatic rings. The number of sulfonamides is 1. The van der Waals surface area contributed by atoms with Crippen molar-refractivity contribution in [3.05, 3.63) is 71.8 Å². The van der Waals surface area contributed by atoms with Gasteiger partial charge in [0.05, 0.1) is 24.3 Å². The van der Waals surface area contributed by atoms with Crippen LogP contribution in [0.5, 0.6) is 0 Å². The van der Waals surface area contributed by atoms with Crippen molar-refractivity contribution in [1.29, 1.82) is 0 Å². The molecule has 266 valence electrons. The van der Waals surface area contributed by atoms with E-state index in [4.69, 9.17) is 4.74 Å². The molecule has 0 unspecified atom stereocenters. The second-order valence-electron chi connectivity index (χ2n) is 13.7. The number of rotatable bonds is 11. The molecule has 2 aromatic rings. The highest BCUT2D eigenvalue weighted by molar-refractivity contribution is 7.88. The third kappa shape index (κ3) is 8.43. The number of likely N-dealkylation sites (tertiary alicyclic amines) is 1. The highest BCUT2D eigenvalue weighted by Crippen LogP contribution is 2.39. The predicted molar refractivity (Wildman–Crippen MR) is 184 cm³/mol. The Morgan fingerprint density at radius 2 is 1.55 bits per heavy atom. The molecule has 1 aliphatic carbocycles. The number of hydrogen-bond donors (Lipinski definition) is 2. The van der Waals surface area contributed by atoms with E-state index in [1.165, 1.54) is 16.3 Å². The molecule has 0 spiro atoms. The van der Waals surface area contributed by atoms with Crippen molar-refractivity contribution >= 4 is 33.8 Å². The van der Waals surface area contributed by atoms with Crippen LogP contribution in [-0.4, -0.2) is 96.9 Å². The summed E-state index contributed by atoms with van der Waals surface area (Å²) in [5.74, 6) is -2.05. The Kier molecular flexibility index (Phi) is 11.6. The number of carbonyl (C=O) groups is 4. The summed E-state index contributed by atoms with van der Waals surface area (Å²) in [6.07, 6.45) is 5.22. The number of amides is 4. The normalized spacial score (nSPS) is 23.2. The van der Waals surface area contributed by atoms with E-state index in [0.29, 0.717) is 6.42 Å². The van der Waals surface area contributed by atoms with Gasteiger partial charge in [-0.15, -0.1) is 0 Å². The second kappa shape index (κ2) is 15.7. The van der Waals surface area contributed by atoms with Crippen molar-refractivity contribution in [2.45, 2.75) is 89.2 Å². The van der Waals surface area contributed by atoms with E-state index in [9.17, 15) is 27.6 Å². The molecule has 1 saturated carbocycles. The number of likely N-dealkylation sites (N-methyl/N-ethyl adjacent to an activating group) is 1. The summed E-state index contributed by atoms with van der Waals surface area (Å²) in [5, 5.41) is 6.03. The van der Waals surface area contributed by atoms with Gasteiger partial charge in [0.25, 0.3) is 0 Å². The molecule has 12 nitrogen and oxygen atoms in total. The summed E-state index contributed by atoms with van der Waals surface area (Å²) in [7, 11) is -2.18. The molecular weight excluding hydrogens is 646 g/mol. The molecule has 0 aromatic heterocycles. The molecule has 2 heterocycles. The van der Waals surface area contributed by atoms with E-state index in [2.05, 4.69) is 10.6 Å². The van der Waals surface area contributed by atoms with Crippen LogP contribution in [0.2, 0.25) is 0 Å². The molecule has 2 saturated heterocycles. The van der Waals surface area contributed by atoms with Crippen LogP contribution >= 0.6 is 0 Å². The van der Waals surface area contributed by atoms with Crippen LogP contribution in [0.4, 0.5) is 4.79 Å². The van der Waals surface area contributed by atoms with Crippen molar-refractivity contribution < 1.29 is 32.3 Å². The molecule has 49 heavy (non-hydrogen) atoms. The molecule has 2 N–H and O–H groups in total. The lowest BCUT2D eigenvalue weighted by Gasteiger charge is -2.37. The van der Waals surface area contributed by atoms with Gasteiger partial charge >= 0.3 is 6.09 Å². The van der Waals surface area contributed by atoms with Gasteiger partial charge in [-0.2, -0.15) is 4.31 Å². The van der Waals surface area contributed by atoms with Crippen molar-refractivity contribution in [3.63, 3.8) is 0 Å². The quantitative estimate of drug-likeness (QED) is 0.367. The maximum absolute atomic E-state index is 14.6. The van der Waals surface area contributed by atoms with E-state index in [1.54, 1.807) is 11.8 Å². The Morgan fingerprint density at radius 1 is 0.918 bits per heavy atom. The second-order valence-corrected chi connectivity index (χ2v) is 15.6. The summed E-state index contributed by atoms with van der Waals surface area (Å²) in [5.41, 5.74) is 1.73. The lowest BCUT2D eigenvalue weighted by atomic mass is 9.83. The van der Waals surface area contributed by atoms with Gasteiger partial charge in [0.15, 0.2) is 0 Å². The predicted octanol–water partition coefficient (Wildman–Crippen LogP) is 3.45. The van der Waals surface area contributed by atoms with Gasteiger partial charge in [-0.05, 0) is 50.2 Å². The lowest BCUT2D eigenvalue weighted by molar-refractivity contribution is -0.141. The largest absolute Gasteiger partial charge is 0.445 e. The molecule has 2 aliphatic heterocycles. The molecule has 3 fully saturated rings. The number of hydrogen-bond acceptors (Lipinski definition) is 7. The van der Waals surface area contributed by atoms with Gasteiger partial charge in [0.2, 0.25) is 27.7 Å². The summed E-state index contributed by atoms with van der Waals surface area (Å²) < 4.78 is 32.6. The molecule has 13 heteroatoms. The van der Waals surface area contributed by atoms with Gasteiger partial charge in [-0.1, -0.05) is 79.9 Å². The minimum Gasteiger partial charge on any atom is -0.445 e. The van der Waals surface area contributed by atoms with Gasteiger partial charge in [-0.3, -0.25) is 19.3 Å². The molecule has 6 atom stereocenters. The lowest BCUT2D eigenvalue weighted by Crippen LogP contribution is -2.59. The van der Waals surface area contributed by atoms with Gasteiger partial charge in [0, 0.05) is 26.2 Å². The molecular formula is C36H49N5O7S. The monoisotopic (exact) mass is 695 g/mol. The van der Waals surface area contributed by atoms with Gasteiger partial charge in [-0.25, -0.2) is 13.2 Å². The molecule has 5 rings (SSSR count). The van der Waals surface area contributed by atoms with Crippen LogP contribution in [0.25, 0.3) is 0 Å². The third-order valence-corrected chi connectivity index (χ3v) is 11.7. The fraction of sp³-hybridized carbons (Fsp3) is 0.556. The smallest absolute Gasteiger partial charge is 0.410 e. The highest BCUT2D eigenvalue weighted by Gasteiger charge is 2.56. The van der Waals surface area contributed by atoms with E-state index in [0.717, 1.165) is 49.5 Å². The highest BCUT2D eigenvalue weighted by atomic mass is 32.2. The van der Waals surface area contributed by atoms with Crippen LogP contribution in [0.15, 0.2) is 60.7 Å². The number of nitrogens with zero attached hydrogens (tertiary/aromatic N) is 3. The summed E-state index contributed by atoms with van der Waals surface area (Å²) in [6.45, 7) is 3.75. The molecule has 2 aromatic carbocycles. The van der Waals surface area contributed by atoms with Gasteiger partial charge in [0.1, 0.15) is 18.7 Å². The van der Waals surface area contributed by atoms with Crippen molar-refractivity contribution in [2.24, 2.45) is 11.8 Å². The maximum Gasteiger partial charge on any atom is 0.410 e. The first-order valence-electron chi connectivity index (χ1n) is 17.2.